The summed E-state index contributed by atoms with van der Waals surface area (Å²) < 4.78 is 0. The van der Waals surface area contributed by atoms with E-state index in [1.54, 1.807) is 0 Å². The Kier molecular flexibility index (Phi) is 5.53. The zero-order valence-corrected chi connectivity index (χ0v) is 9.17. The zero-order valence-electron chi connectivity index (χ0n) is 9.17. The molecule has 0 rings (SSSR count). The normalized spacial score (nSPS) is 18.7. The van der Waals surface area contributed by atoms with Crippen molar-refractivity contribution in [1.82, 2.24) is 5.32 Å². The molecule has 3 heteroatoms. The maximum atomic E-state index is 9.83. The third-order valence-electron chi connectivity index (χ3n) is 2.58. The second kappa shape index (κ2) is 5.58. The summed E-state index contributed by atoms with van der Waals surface area (Å²) in [5, 5.41) is 22.1. The molecule has 0 aliphatic rings. The van der Waals surface area contributed by atoms with E-state index in [4.69, 9.17) is 0 Å². The molecule has 0 aromatic carbocycles. The summed E-state index contributed by atoms with van der Waals surface area (Å²) in [7, 11) is 0. The first-order chi connectivity index (χ1) is 5.90. The van der Waals surface area contributed by atoms with E-state index < -0.39 is 5.60 Å². The van der Waals surface area contributed by atoms with Gasteiger partial charge in [-0.1, -0.05) is 20.8 Å². The van der Waals surface area contributed by atoms with E-state index in [0.717, 1.165) is 6.42 Å². The standard InChI is InChI=1S/C10H23NO2/c1-5-9(12)6-11-7-10(4,13)8(2)3/h8-9,11-13H,5-7H2,1-4H3. The second-order valence-corrected chi connectivity index (χ2v) is 4.20. The Balaban J connectivity index is 3.63. The summed E-state index contributed by atoms with van der Waals surface area (Å²) in [5.41, 5.74) is -0.687. The highest BCUT2D eigenvalue weighted by molar-refractivity contribution is 4.79. The number of hydrogen-bond acceptors (Lipinski definition) is 3. The van der Waals surface area contributed by atoms with Crippen LogP contribution in [0.3, 0.4) is 0 Å². The van der Waals surface area contributed by atoms with Crippen molar-refractivity contribution in [2.45, 2.75) is 45.8 Å². The lowest BCUT2D eigenvalue weighted by molar-refractivity contribution is 0.0116. The summed E-state index contributed by atoms with van der Waals surface area (Å²) in [5.74, 6) is 0.221. The van der Waals surface area contributed by atoms with Gasteiger partial charge >= 0.3 is 0 Å². The van der Waals surface area contributed by atoms with Crippen molar-refractivity contribution in [3.05, 3.63) is 0 Å². The Morgan fingerprint density at radius 1 is 1.38 bits per heavy atom. The first-order valence-corrected chi connectivity index (χ1v) is 5.01. The predicted molar refractivity (Wildman–Crippen MR) is 54.6 cm³/mol. The van der Waals surface area contributed by atoms with Gasteiger partial charge in [0.05, 0.1) is 11.7 Å². The molecule has 0 heterocycles. The Morgan fingerprint density at radius 3 is 2.31 bits per heavy atom. The van der Waals surface area contributed by atoms with Crippen LogP contribution in [0.5, 0.6) is 0 Å². The van der Waals surface area contributed by atoms with Crippen molar-refractivity contribution in [2.24, 2.45) is 5.92 Å². The molecule has 0 aliphatic heterocycles. The minimum atomic E-state index is -0.687. The molecule has 2 unspecified atom stereocenters. The van der Waals surface area contributed by atoms with E-state index in [1.165, 1.54) is 0 Å². The Bertz CT molecular complexity index is 135. The molecular weight excluding hydrogens is 166 g/mol. The third kappa shape index (κ3) is 5.24. The number of nitrogens with one attached hydrogen (secondary N) is 1. The van der Waals surface area contributed by atoms with Crippen LogP contribution in [0, 0.1) is 5.92 Å². The van der Waals surface area contributed by atoms with Gasteiger partial charge in [-0.3, -0.25) is 0 Å². The van der Waals surface area contributed by atoms with Gasteiger partial charge in [0.15, 0.2) is 0 Å². The van der Waals surface area contributed by atoms with Crippen LogP contribution in [0.25, 0.3) is 0 Å². The van der Waals surface area contributed by atoms with Crippen molar-refractivity contribution < 1.29 is 10.2 Å². The smallest absolute Gasteiger partial charge is 0.0766 e. The highest BCUT2D eigenvalue weighted by Crippen LogP contribution is 2.14. The fraction of sp³-hybridized carbons (Fsp3) is 1.00. The third-order valence-corrected chi connectivity index (χ3v) is 2.58. The minimum Gasteiger partial charge on any atom is -0.392 e. The van der Waals surface area contributed by atoms with Crippen LogP contribution in [0.1, 0.15) is 34.1 Å². The molecule has 0 radical (unpaired) electrons. The van der Waals surface area contributed by atoms with Crippen LogP contribution in [0.15, 0.2) is 0 Å². The largest absolute Gasteiger partial charge is 0.392 e. The molecule has 0 aromatic rings. The first kappa shape index (κ1) is 12.9. The van der Waals surface area contributed by atoms with Gasteiger partial charge in [-0.25, -0.2) is 0 Å². The van der Waals surface area contributed by atoms with Crippen LogP contribution in [-0.2, 0) is 0 Å². The average molecular weight is 189 g/mol. The number of aliphatic hydroxyl groups excluding tert-OH is 1. The average Bonchev–Trinajstić information content (AvgIpc) is 2.03. The van der Waals surface area contributed by atoms with E-state index in [0.29, 0.717) is 13.1 Å². The summed E-state index contributed by atoms with van der Waals surface area (Å²) >= 11 is 0. The maximum Gasteiger partial charge on any atom is 0.0766 e. The van der Waals surface area contributed by atoms with E-state index in [1.807, 2.05) is 27.7 Å². The Labute approximate surface area is 81.2 Å². The molecule has 2 atom stereocenters. The molecule has 80 valence electrons. The SMILES string of the molecule is CCC(O)CNCC(C)(O)C(C)C. The molecule has 0 fully saturated rings. The highest BCUT2D eigenvalue weighted by Gasteiger charge is 2.24. The van der Waals surface area contributed by atoms with Crippen LogP contribution in [0.2, 0.25) is 0 Å². The van der Waals surface area contributed by atoms with Crippen molar-refractivity contribution in [2.75, 3.05) is 13.1 Å². The molecule has 0 aliphatic carbocycles. The van der Waals surface area contributed by atoms with Gasteiger partial charge in [-0.15, -0.1) is 0 Å². The first-order valence-electron chi connectivity index (χ1n) is 5.01. The second-order valence-electron chi connectivity index (χ2n) is 4.20. The van der Waals surface area contributed by atoms with Crippen LogP contribution in [0.4, 0.5) is 0 Å². The summed E-state index contributed by atoms with van der Waals surface area (Å²) in [6, 6.07) is 0. The highest BCUT2D eigenvalue weighted by atomic mass is 16.3. The summed E-state index contributed by atoms with van der Waals surface area (Å²) in [4.78, 5) is 0. The van der Waals surface area contributed by atoms with E-state index in [-0.39, 0.29) is 12.0 Å². The van der Waals surface area contributed by atoms with Gasteiger partial charge in [-0.2, -0.15) is 0 Å². The summed E-state index contributed by atoms with van der Waals surface area (Å²) in [6.45, 7) is 8.80. The van der Waals surface area contributed by atoms with E-state index in [2.05, 4.69) is 5.32 Å². The Morgan fingerprint density at radius 2 is 1.92 bits per heavy atom. The molecule has 0 amide bonds. The molecule has 0 bridgehead atoms. The van der Waals surface area contributed by atoms with Gasteiger partial charge in [0.1, 0.15) is 0 Å². The maximum absolute atomic E-state index is 9.83. The van der Waals surface area contributed by atoms with E-state index >= 15 is 0 Å². The van der Waals surface area contributed by atoms with Crippen LogP contribution >= 0.6 is 0 Å². The number of rotatable bonds is 6. The molecule has 0 saturated carbocycles. The fourth-order valence-electron chi connectivity index (χ4n) is 0.840. The number of aliphatic hydroxyl groups is 2. The summed E-state index contributed by atoms with van der Waals surface area (Å²) in [6.07, 6.45) is 0.444. The van der Waals surface area contributed by atoms with E-state index in [9.17, 15) is 10.2 Å². The van der Waals surface area contributed by atoms with Crippen LogP contribution < -0.4 is 5.32 Å². The monoisotopic (exact) mass is 189 g/mol. The predicted octanol–water partition coefficient (Wildman–Crippen LogP) is 0.754. The quantitative estimate of drug-likeness (QED) is 0.578. The Hall–Kier alpha value is -0.120. The molecule has 0 aromatic heterocycles. The molecule has 3 N–H and O–H groups in total. The van der Waals surface area contributed by atoms with Gasteiger partial charge < -0.3 is 15.5 Å². The van der Waals surface area contributed by atoms with Crippen molar-refractivity contribution in [3.63, 3.8) is 0 Å². The molecule has 0 saturated heterocycles. The molecular formula is C10H23NO2. The number of hydrogen-bond donors (Lipinski definition) is 3. The molecule has 0 spiro atoms. The van der Waals surface area contributed by atoms with Crippen LogP contribution in [-0.4, -0.2) is 35.0 Å². The minimum absolute atomic E-state index is 0.221. The van der Waals surface area contributed by atoms with Crippen molar-refractivity contribution in [3.8, 4) is 0 Å². The molecule has 3 nitrogen and oxygen atoms in total. The fourth-order valence-corrected chi connectivity index (χ4v) is 0.840. The van der Waals surface area contributed by atoms with Crippen molar-refractivity contribution >= 4 is 0 Å². The van der Waals surface area contributed by atoms with Crippen molar-refractivity contribution in [1.29, 1.82) is 0 Å². The van der Waals surface area contributed by atoms with Gasteiger partial charge in [0, 0.05) is 13.1 Å². The lowest BCUT2D eigenvalue weighted by Crippen LogP contribution is -2.44. The lowest BCUT2D eigenvalue weighted by Gasteiger charge is -2.28. The van der Waals surface area contributed by atoms with Gasteiger partial charge in [-0.05, 0) is 19.3 Å². The lowest BCUT2D eigenvalue weighted by atomic mass is 9.92. The zero-order chi connectivity index (χ0) is 10.5. The van der Waals surface area contributed by atoms with Gasteiger partial charge in [0.2, 0.25) is 0 Å². The molecule has 13 heavy (non-hydrogen) atoms. The topological polar surface area (TPSA) is 52.5 Å². The van der Waals surface area contributed by atoms with Gasteiger partial charge in [0.25, 0.3) is 0 Å².